The normalized spacial score (nSPS) is 33.0. The van der Waals surface area contributed by atoms with Crippen molar-refractivity contribution in [3.63, 3.8) is 0 Å². The molecule has 2 heteroatoms. The average molecular weight is 139 g/mol. The molecule has 0 aromatic heterocycles. The fourth-order valence-electron chi connectivity index (χ4n) is 1.27. The van der Waals surface area contributed by atoms with Gasteiger partial charge in [-0.15, -0.1) is 0 Å². The highest BCUT2D eigenvalue weighted by molar-refractivity contribution is 4.96. The fourth-order valence-corrected chi connectivity index (χ4v) is 1.27. The Morgan fingerprint density at radius 1 is 1.60 bits per heavy atom. The van der Waals surface area contributed by atoms with E-state index in [1.165, 1.54) is 13.0 Å². The Hall–Kier alpha value is -0.0800. The summed E-state index contributed by atoms with van der Waals surface area (Å²) in [5.74, 6) is 0.766. The van der Waals surface area contributed by atoms with E-state index in [-0.39, 0.29) is 0 Å². The Labute approximate surface area is 61.9 Å². The van der Waals surface area contributed by atoms with Crippen molar-refractivity contribution in [3.8, 4) is 0 Å². The second-order valence-electron chi connectivity index (χ2n) is 3.09. The molecule has 2 nitrogen and oxygen atoms in total. The Bertz CT molecular complexity index is 106. The molecule has 10 heavy (non-hydrogen) atoms. The standard InChI is InChI=1S/C8H13NO/c1-2-8(1)10-6-7-3-4-9-5-7/h7-9H,1,3-6H2/t7-,8?/m1/s1. The van der Waals surface area contributed by atoms with Crippen molar-refractivity contribution < 1.29 is 4.74 Å². The fraction of sp³-hybridized carbons (Fsp3) is 0.875. The number of hydrogen-bond acceptors (Lipinski definition) is 2. The van der Waals surface area contributed by atoms with Crippen molar-refractivity contribution in [2.45, 2.75) is 18.9 Å². The van der Waals surface area contributed by atoms with Gasteiger partial charge in [-0.2, -0.15) is 0 Å². The summed E-state index contributed by atoms with van der Waals surface area (Å²) >= 11 is 0. The lowest BCUT2D eigenvalue weighted by Gasteiger charge is -2.07. The lowest BCUT2D eigenvalue weighted by molar-refractivity contribution is 0.0979. The molecule has 0 bridgehead atoms. The molecular weight excluding hydrogens is 126 g/mol. The number of hydrogen-bond donors (Lipinski definition) is 1. The highest BCUT2D eigenvalue weighted by Gasteiger charge is 2.25. The molecule has 2 radical (unpaired) electrons. The summed E-state index contributed by atoms with van der Waals surface area (Å²) in [6, 6.07) is 0. The van der Waals surface area contributed by atoms with Crippen LogP contribution >= 0.6 is 0 Å². The minimum Gasteiger partial charge on any atom is -0.377 e. The van der Waals surface area contributed by atoms with Crippen LogP contribution in [0.1, 0.15) is 12.8 Å². The Morgan fingerprint density at radius 3 is 3.10 bits per heavy atom. The third-order valence-electron chi connectivity index (χ3n) is 2.07. The molecule has 1 heterocycles. The van der Waals surface area contributed by atoms with E-state index in [2.05, 4.69) is 11.7 Å². The maximum Gasteiger partial charge on any atom is 0.0652 e. The predicted octanol–water partition coefficient (Wildman–Crippen LogP) is 0.466. The van der Waals surface area contributed by atoms with Crippen molar-refractivity contribution in [2.24, 2.45) is 5.92 Å². The van der Waals surface area contributed by atoms with Crippen LogP contribution in [0.4, 0.5) is 0 Å². The van der Waals surface area contributed by atoms with Gasteiger partial charge in [0.1, 0.15) is 0 Å². The number of rotatable bonds is 3. The van der Waals surface area contributed by atoms with Crippen LogP contribution in [0, 0.1) is 12.3 Å². The smallest absolute Gasteiger partial charge is 0.0652 e. The molecule has 1 unspecified atom stereocenters. The summed E-state index contributed by atoms with van der Waals surface area (Å²) in [6.45, 7) is 3.25. The van der Waals surface area contributed by atoms with Crippen molar-refractivity contribution in [2.75, 3.05) is 19.7 Å². The summed E-state index contributed by atoms with van der Waals surface area (Å²) in [5.41, 5.74) is 0. The maximum atomic E-state index is 5.49. The van der Waals surface area contributed by atoms with Gasteiger partial charge in [-0.3, -0.25) is 0 Å². The first-order chi connectivity index (χ1) is 4.95. The van der Waals surface area contributed by atoms with Gasteiger partial charge in [0.15, 0.2) is 0 Å². The molecule has 0 spiro atoms. The van der Waals surface area contributed by atoms with Crippen LogP contribution in [0.15, 0.2) is 0 Å². The van der Waals surface area contributed by atoms with Gasteiger partial charge in [0.2, 0.25) is 0 Å². The minimum absolute atomic E-state index is 0.389. The van der Waals surface area contributed by atoms with Gasteiger partial charge >= 0.3 is 0 Å². The van der Waals surface area contributed by atoms with Crippen LogP contribution in [0.2, 0.25) is 0 Å². The third-order valence-corrected chi connectivity index (χ3v) is 2.07. The second kappa shape index (κ2) is 2.89. The van der Waals surface area contributed by atoms with E-state index in [1.807, 2.05) is 0 Å². The van der Waals surface area contributed by atoms with E-state index in [9.17, 15) is 0 Å². The molecular formula is C8H13NO. The van der Waals surface area contributed by atoms with Crippen LogP contribution in [0.3, 0.4) is 0 Å². The molecule has 56 valence electrons. The molecule has 1 saturated carbocycles. The maximum absolute atomic E-state index is 5.49. The van der Waals surface area contributed by atoms with E-state index in [0.29, 0.717) is 6.10 Å². The first kappa shape index (κ1) is 6.62. The van der Waals surface area contributed by atoms with E-state index in [4.69, 9.17) is 4.74 Å². The van der Waals surface area contributed by atoms with Gasteiger partial charge in [-0.05, 0) is 25.3 Å². The van der Waals surface area contributed by atoms with E-state index in [1.54, 1.807) is 0 Å². The van der Waals surface area contributed by atoms with E-state index in [0.717, 1.165) is 25.5 Å². The highest BCUT2D eigenvalue weighted by Crippen LogP contribution is 2.23. The van der Waals surface area contributed by atoms with Gasteiger partial charge in [0, 0.05) is 13.0 Å². The molecule has 2 fully saturated rings. The molecule has 2 atom stereocenters. The number of ether oxygens (including phenoxy) is 1. The topological polar surface area (TPSA) is 21.3 Å². The first-order valence-electron chi connectivity index (χ1n) is 4.01. The van der Waals surface area contributed by atoms with E-state index >= 15 is 0 Å². The number of nitrogens with one attached hydrogen (secondary N) is 1. The van der Waals surface area contributed by atoms with Crippen LogP contribution < -0.4 is 5.32 Å². The SMILES string of the molecule is [C]1CC1OC[C@@H]1CCNC1. The molecule has 1 aliphatic heterocycles. The zero-order chi connectivity index (χ0) is 6.81. The third kappa shape index (κ3) is 1.70. The summed E-state index contributed by atoms with van der Waals surface area (Å²) in [5, 5.41) is 3.32. The summed E-state index contributed by atoms with van der Waals surface area (Å²) in [6.07, 6.45) is 5.85. The van der Waals surface area contributed by atoms with Gasteiger partial charge in [0.25, 0.3) is 0 Å². The zero-order valence-electron chi connectivity index (χ0n) is 6.10. The van der Waals surface area contributed by atoms with Crippen LogP contribution in [-0.2, 0) is 4.74 Å². The lowest BCUT2D eigenvalue weighted by atomic mass is 10.1. The molecule has 0 amide bonds. The van der Waals surface area contributed by atoms with Crippen LogP contribution in [0.5, 0.6) is 0 Å². The van der Waals surface area contributed by atoms with Crippen LogP contribution in [0.25, 0.3) is 0 Å². The molecule has 0 aromatic rings. The lowest BCUT2D eigenvalue weighted by Crippen LogP contribution is -2.14. The minimum atomic E-state index is 0.389. The molecule has 1 N–H and O–H groups in total. The summed E-state index contributed by atoms with van der Waals surface area (Å²) in [7, 11) is 0. The van der Waals surface area contributed by atoms with Crippen molar-refractivity contribution in [3.05, 3.63) is 6.42 Å². The molecule has 2 aliphatic rings. The van der Waals surface area contributed by atoms with Crippen molar-refractivity contribution in [1.82, 2.24) is 5.32 Å². The highest BCUT2D eigenvalue weighted by atomic mass is 16.5. The van der Waals surface area contributed by atoms with Crippen molar-refractivity contribution >= 4 is 0 Å². The average Bonchev–Trinajstić information content (AvgIpc) is 2.63. The van der Waals surface area contributed by atoms with Crippen LogP contribution in [-0.4, -0.2) is 25.8 Å². The van der Waals surface area contributed by atoms with E-state index < -0.39 is 0 Å². The van der Waals surface area contributed by atoms with Gasteiger partial charge < -0.3 is 10.1 Å². The van der Waals surface area contributed by atoms with Gasteiger partial charge in [-0.25, -0.2) is 0 Å². The Morgan fingerprint density at radius 2 is 2.50 bits per heavy atom. The largest absolute Gasteiger partial charge is 0.377 e. The first-order valence-corrected chi connectivity index (χ1v) is 4.01. The second-order valence-corrected chi connectivity index (χ2v) is 3.09. The molecule has 1 aliphatic carbocycles. The summed E-state index contributed by atoms with van der Waals surface area (Å²) in [4.78, 5) is 0. The molecule has 2 rings (SSSR count). The predicted molar refractivity (Wildman–Crippen MR) is 38.6 cm³/mol. The monoisotopic (exact) mass is 139 g/mol. The van der Waals surface area contributed by atoms with Crippen molar-refractivity contribution in [1.29, 1.82) is 0 Å². The molecule has 0 aromatic carbocycles. The quantitative estimate of drug-likeness (QED) is 0.613. The Kier molecular flexibility index (Phi) is 1.91. The zero-order valence-corrected chi connectivity index (χ0v) is 6.10. The Balaban J connectivity index is 1.59. The summed E-state index contributed by atoms with van der Waals surface area (Å²) < 4.78 is 5.49. The molecule has 1 saturated heterocycles. The van der Waals surface area contributed by atoms with Gasteiger partial charge in [0.05, 0.1) is 12.7 Å². The van der Waals surface area contributed by atoms with Gasteiger partial charge in [-0.1, -0.05) is 0 Å².